The van der Waals surface area contributed by atoms with Crippen molar-refractivity contribution >= 4 is 17.7 Å². The van der Waals surface area contributed by atoms with Crippen molar-refractivity contribution in [1.29, 1.82) is 0 Å². The summed E-state index contributed by atoms with van der Waals surface area (Å²) in [7, 11) is 0. The molecule has 0 saturated heterocycles. The Kier molecular flexibility index (Phi) is 3.33. The van der Waals surface area contributed by atoms with Crippen LogP contribution in [-0.2, 0) is 9.59 Å². The van der Waals surface area contributed by atoms with Gasteiger partial charge < -0.3 is 14.9 Å². The normalized spacial score (nSPS) is 16.9. The van der Waals surface area contributed by atoms with Crippen molar-refractivity contribution in [3.8, 4) is 0 Å². The SMILES string of the molecule is Cc1cc(NC(=O)CNC2(C(=O)O)CCC2)no1. The van der Waals surface area contributed by atoms with Crippen molar-refractivity contribution < 1.29 is 19.2 Å². The molecule has 1 aromatic heterocycles. The number of carbonyl (C=O) groups is 2. The maximum atomic E-state index is 11.6. The molecule has 7 heteroatoms. The molecule has 0 spiro atoms. The second-order valence-corrected chi connectivity index (χ2v) is 4.47. The number of hydrogen-bond acceptors (Lipinski definition) is 5. The predicted molar refractivity (Wildman–Crippen MR) is 62.1 cm³/mol. The second-order valence-electron chi connectivity index (χ2n) is 4.47. The molecule has 0 unspecified atom stereocenters. The Morgan fingerprint density at radius 3 is 2.72 bits per heavy atom. The maximum absolute atomic E-state index is 11.6. The minimum absolute atomic E-state index is 0.0573. The van der Waals surface area contributed by atoms with Crippen LogP contribution in [0.5, 0.6) is 0 Å². The Morgan fingerprint density at radius 2 is 2.28 bits per heavy atom. The van der Waals surface area contributed by atoms with Crippen molar-refractivity contribution in [2.45, 2.75) is 31.7 Å². The van der Waals surface area contributed by atoms with Gasteiger partial charge in [-0.15, -0.1) is 0 Å². The van der Waals surface area contributed by atoms with E-state index in [9.17, 15) is 9.59 Å². The van der Waals surface area contributed by atoms with Gasteiger partial charge in [-0.25, -0.2) is 0 Å². The molecule has 1 fully saturated rings. The van der Waals surface area contributed by atoms with Crippen molar-refractivity contribution in [1.82, 2.24) is 10.5 Å². The van der Waals surface area contributed by atoms with E-state index < -0.39 is 11.5 Å². The first kappa shape index (κ1) is 12.6. The average molecular weight is 253 g/mol. The lowest BCUT2D eigenvalue weighted by molar-refractivity contribution is -0.148. The minimum atomic E-state index is -0.933. The molecule has 18 heavy (non-hydrogen) atoms. The fourth-order valence-electron chi connectivity index (χ4n) is 1.86. The third-order valence-electron chi connectivity index (χ3n) is 3.10. The number of hydrogen-bond donors (Lipinski definition) is 3. The average Bonchev–Trinajstić information content (AvgIpc) is 2.61. The summed E-state index contributed by atoms with van der Waals surface area (Å²) in [6.07, 6.45) is 1.97. The van der Waals surface area contributed by atoms with Crippen LogP contribution in [0.4, 0.5) is 5.82 Å². The zero-order valence-electron chi connectivity index (χ0n) is 10.0. The zero-order chi connectivity index (χ0) is 13.2. The summed E-state index contributed by atoms with van der Waals surface area (Å²) in [4.78, 5) is 22.6. The topological polar surface area (TPSA) is 104 Å². The third-order valence-corrected chi connectivity index (χ3v) is 3.10. The summed E-state index contributed by atoms with van der Waals surface area (Å²) in [6.45, 7) is 1.66. The Morgan fingerprint density at radius 1 is 1.56 bits per heavy atom. The monoisotopic (exact) mass is 253 g/mol. The largest absolute Gasteiger partial charge is 0.480 e. The van der Waals surface area contributed by atoms with E-state index in [0.717, 1.165) is 6.42 Å². The summed E-state index contributed by atoms with van der Waals surface area (Å²) < 4.78 is 4.80. The number of carboxylic acids is 1. The number of amides is 1. The number of carboxylic acid groups (broad SMARTS) is 1. The van der Waals surface area contributed by atoms with E-state index in [0.29, 0.717) is 24.4 Å². The number of nitrogens with zero attached hydrogens (tertiary/aromatic N) is 1. The summed E-state index contributed by atoms with van der Waals surface area (Å²) in [5, 5.41) is 18.0. The molecule has 3 N–H and O–H groups in total. The molecule has 1 amide bonds. The number of aryl methyl sites for hydroxylation is 1. The van der Waals surface area contributed by atoms with Gasteiger partial charge in [0.1, 0.15) is 11.3 Å². The van der Waals surface area contributed by atoms with Crippen LogP contribution in [-0.4, -0.2) is 34.2 Å². The molecule has 1 aliphatic carbocycles. The maximum Gasteiger partial charge on any atom is 0.323 e. The summed E-state index contributed by atoms with van der Waals surface area (Å²) in [5.74, 6) is -0.314. The van der Waals surface area contributed by atoms with Gasteiger partial charge in [-0.3, -0.25) is 14.9 Å². The summed E-state index contributed by atoms with van der Waals surface area (Å²) >= 11 is 0. The van der Waals surface area contributed by atoms with Crippen molar-refractivity contribution in [2.75, 3.05) is 11.9 Å². The van der Waals surface area contributed by atoms with Crippen molar-refractivity contribution in [3.63, 3.8) is 0 Å². The fourth-order valence-corrected chi connectivity index (χ4v) is 1.86. The van der Waals surface area contributed by atoms with Crippen molar-refractivity contribution in [3.05, 3.63) is 11.8 Å². The first-order valence-corrected chi connectivity index (χ1v) is 5.73. The Labute approximate surface area is 104 Å². The van der Waals surface area contributed by atoms with Crippen LogP contribution >= 0.6 is 0 Å². The molecular weight excluding hydrogens is 238 g/mol. The smallest absolute Gasteiger partial charge is 0.323 e. The van der Waals surface area contributed by atoms with Gasteiger partial charge in [0.25, 0.3) is 0 Å². The molecule has 0 bridgehead atoms. The minimum Gasteiger partial charge on any atom is -0.480 e. The molecule has 2 rings (SSSR count). The summed E-state index contributed by atoms with van der Waals surface area (Å²) in [6, 6.07) is 1.59. The molecular formula is C11H15N3O4. The van der Waals surface area contributed by atoms with E-state index in [1.54, 1.807) is 13.0 Å². The molecule has 1 aliphatic rings. The standard InChI is InChI=1S/C11H15N3O4/c1-7-5-8(14-18-7)13-9(15)6-12-11(10(16)17)3-2-4-11/h5,12H,2-4,6H2,1H3,(H,16,17)(H,13,14,15). The van der Waals surface area contributed by atoms with Crippen LogP contribution in [0, 0.1) is 6.92 Å². The Hall–Kier alpha value is -1.89. The van der Waals surface area contributed by atoms with Crippen LogP contribution in [0.15, 0.2) is 10.6 Å². The van der Waals surface area contributed by atoms with E-state index in [1.807, 2.05) is 0 Å². The van der Waals surface area contributed by atoms with Gasteiger partial charge in [0.2, 0.25) is 5.91 Å². The van der Waals surface area contributed by atoms with E-state index in [-0.39, 0.29) is 12.5 Å². The highest BCUT2D eigenvalue weighted by atomic mass is 16.5. The van der Waals surface area contributed by atoms with Crippen LogP contribution in [0.2, 0.25) is 0 Å². The van der Waals surface area contributed by atoms with Crippen molar-refractivity contribution in [2.24, 2.45) is 0 Å². The molecule has 0 radical (unpaired) electrons. The Balaban J connectivity index is 1.83. The number of nitrogens with one attached hydrogen (secondary N) is 2. The molecule has 0 aliphatic heterocycles. The molecule has 1 saturated carbocycles. The number of anilines is 1. The van der Waals surface area contributed by atoms with Gasteiger partial charge in [-0.2, -0.15) is 0 Å². The highest BCUT2D eigenvalue weighted by molar-refractivity contribution is 5.92. The van der Waals surface area contributed by atoms with Gasteiger partial charge in [-0.05, 0) is 26.2 Å². The number of rotatable bonds is 5. The quantitative estimate of drug-likeness (QED) is 0.706. The number of aromatic nitrogens is 1. The molecule has 1 aromatic rings. The predicted octanol–water partition coefficient (Wildman–Crippen LogP) is 0.518. The highest BCUT2D eigenvalue weighted by Gasteiger charge is 2.44. The number of aliphatic carboxylic acids is 1. The van der Waals surface area contributed by atoms with E-state index in [4.69, 9.17) is 9.63 Å². The Bertz CT molecular complexity index is 465. The van der Waals surface area contributed by atoms with Crippen LogP contribution in [0.25, 0.3) is 0 Å². The van der Waals surface area contributed by atoms with E-state index in [1.165, 1.54) is 0 Å². The van der Waals surface area contributed by atoms with Crippen LogP contribution < -0.4 is 10.6 Å². The molecule has 7 nitrogen and oxygen atoms in total. The van der Waals surface area contributed by atoms with Gasteiger partial charge in [0, 0.05) is 6.07 Å². The van der Waals surface area contributed by atoms with Crippen LogP contribution in [0.3, 0.4) is 0 Å². The molecule has 1 heterocycles. The molecule has 0 aromatic carbocycles. The van der Waals surface area contributed by atoms with Gasteiger partial charge in [0.05, 0.1) is 6.54 Å². The van der Waals surface area contributed by atoms with E-state index >= 15 is 0 Å². The third kappa shape index (κ3) is 2.51. The summed E-state index contributed by atoms with van der Waals surface area (Å²) in [5.41, 5.74) is -0.933. The van der Waals surface area contributed by atoms with Gasteiger partial charge >= 0.3 is 5.97 Å². The molecule has 0 atom stereocenters. The fraction of sp³-hybridized carbons (Fsp3) is 0.545. The van der Waals surface area contributed by atoms with Gasteiger partial charge in [0.15, 0.2) is 5.82 Å². The first-order chi connectivity index (χ1) is 8.52. The van der Waals surface area contributed by atoms with E-state index in [2.05, 4.69) is 15.8 Å². The zero-order valence-corrected chi connectivity index (χ0v) is 10.0. The second kappa shape index (κ2) is 4.77. The highest BCUT2D eigenvalue weighted by Crippen LogP contribution is 2.31. The lowest BCUT2D eigenvalue weighted by Crippen LogP contribution is -2.58. The van der Waals surface area contributed by atoms with Crippen LogP contribution in [0.1, 0.15) is 25.0 Å². The lowest BCUT2D eigenvalue weighted by Gasteiger charge is -2.38. The number of carbonyl (C=O) groups excluding carboxylic acids is 1. The lowest BCUT2D eigenvalue weighted by atomic mass is 9.77. The first-order valence-electron chi connectivity index (χ1n) is 5.73. The van der Waals surface area contributed by atoms with Gasteiger partial charge in [-0.1, -0.05) is 5.16 Å². The molecule has 98 valence electrons.